The van der Waals surface area contributed by atoms with E-state index in [0.717, 1.165) is 69.9 Å². The molecule has 3 aromatic carbocycles. The Morgan fingerprint density at radius 1 is 0.921 bits per heavy atom. The first kappa shape index (κ1) is 25.7. The quantitative estimate of drug-likeness (QED) is 0.332. The third kappa shape index (κ3) is 5.79. The third-order valence-electron chi connectivity index (χ3n) is 7.04. The van der Waals surface area contributed by atoms with Gasteiger partial charge in [0.1, 0.15) is 12.4 Å². The van der Waals surface area contributed by atoms with Crippen molar-refractivity contribution in [1.82, 2.24) is 4.90 Å². The van der Waals surface area contributed by atoms with Crippen LogP contribution in [0.2, 0.25) is 0 Å². The summed E-state index contributed by atoms with van der Waals surface area (Å²) in [5.74, 6) is -1.39. The first-order valence-electron chi connectivity index (χ1n) is 13.0. The van der Waals surface area contributed by atoms with Crippen LogP contribution in [0.25, 0.3) is 10.8 Å². The van der Waals surface area contributed by atoms with Crippen LogP contribution in [0.1, 0.15) is 33.6 Å². The number of amides is 2. The molecule has 0 spiro atoms. The Morgan fingerprint density at radius 3 is 2.39 bits per heavy atom. The molecule has 38 heavy (non-hydrogen) atoms. The summed E-state index contributed by atoms with van der Waals surface area (Å²) >= 11 is 0. The van der Waals surface area contributed by atoms with Crippen LogP contribution in [0, 0.1) is 0 Å². The summed E-state index contributed by atoms with van der Waals surface area (Å²) in [4.78, 5) is 42.7. The number of rotatable bonds is 9. The van der Waals surface area contributed by atoms with Crippen LogP contribution in [-0.2, 0) is 9.53 Å². The van der Waals surface area contributed by atoms with Gasteiger partial charge in [-0.2, -0.15) is 0 Å². The second kappa shape index (κ2) is 11.6. The van der Waals surface area contributed by atoms with Gasteiger partial charge in [-0.25, -0.2) is 0 Å². The highest BCUT2D eigenvalue weighted by Crippen LogP contribution is 2.30. The molecule has 2 amide bonds. The number of carbonyl (C=O) groups excluding carboxylic acids is 3. The molecular weight excluding hydrogens is 484 g/mol. The second-order valence-corrected chi connectivity index (χ2v) is 9.57. The minimum Gasteiger partial charge on any atom is -0.492 e. The zero-order chi connectivity index (χ0) is 26.5. The lowest BCUT2D eigenvalue weighted by molar-refractivity contribution is -0.112. The van der Waals surface area contributed by atoms with Crippen LogP contribution < -0.4 is 20.7 Å². The fourth-order valence-corrected chi connectivity index (χ4v) is 5.00. The number of fused-ring (bicyclic) bond motifs is 1. The lowest BCUT2D eigenvalue weighted by Crippen LogP contribution is -2.38. The van der Waals surface area contributed by atoms with Gasteiger partial charge in [0.15, 0.2) is 0 Å². The predicted octanol–water partition coefficient (Wildman–Crippen LogP) is 3.07. The Hall–Kier alpha value is -3.95. The van der Waals surface area contributed by atoms with Gasteiger partial charge in [0.05, 0.1) is 13.2 Å². The number of anilines is 2. The van der Waals surface area contributed by atoms with Crippen LogP contribution in [0.15, 0.2) is 54.6 Å². The number of morpholine rings is 1. The number of carbonyl (C=O) groups is 3. The first-order valence-corrected chi connectivity index (χ1v) is 13.0. The van der Waals surface area contributed by atoms with E-state index < -0.39 is 17.6 Å². The van der Waals surface area contributed by atoms with Crippen molar-refractivity contribution in [3.8, 4) is 5.75 Å². The molecule has 0 bridgehead atoms. The average Bonchev–Trinajstić information content (AvgIpc) is 3.48. The maximum absolute atomic E-state index is 13.3. The van der Waals surface area contributed by atoms with Crippen molar-refractivity contribution in [2.24, 2.45) is 5.73 Å². The van der Waals surface area contributed by atoms with Crippen molar-refractivity contribution in [2.75, 3.05) is 62.8 Å². The smallest absolute Gasteiger partial charge is 0.296 e. The van der Waals surface area contributed by atoms with E-state index >= 15 is 0 Å². The summed E-state index contributed by atoms with van der Waals surface area (Å²) in [5.41, 5.74) is 7.24. The Labute approximate surface area is 221 Å². The monoisotopic (exact) mass is 516 g/mol. The molecule has 9 heteroatoms. The number of hydrogen-bond acceptors (Lipinski definition) is 7. The highest BCUT2D eigenvalue weighted by Gasteiger charge is 2.22. The maximum Gasteiger partial charge on any atom is 0.296 e. The fraction of sp³-hybridized carbons (Fsp3) is 0.345. The average molecular weight is 517 g/mol. The van der Waals surface area contributed by atoms with E-state index in [9.17, 15) is 14.4 Å². The maximum atomic E-state index is 13.3. The molecule has 0 unspecified atom stereocenters. The molecule has 0 atom stereocenters. The molecular formula is C29H32N4O5. The van der Waals surface area contributed by atoms with E-state index in [1.807, 2.05) is 24.3 Å². The number of benzene rings is 3. The van der Waals surface area contributed by atoms with Crippen LogP contribution in [0.5, 0.6) is 5.75 Å². The number of ketones is 1. The number of primary amides is 1. The third-order valence-corrected chi connectivity index (χ3v) is 7.04. The van der Waals surface area contributed by atoms with Gasteiger partial charge in [0, 0.05) is 60.6 Å². The minimum absolute atomic E-state index is 0.279. The Balaban J connectivity index is 1.33. The SMILES string of the molecule is NC(=O)c1cc(NC(=O)C(=O)c2ccc(OCCN3CCOCC3)c3ccccc23)cc(N2CCCC2)c1. The molecule has 0 radical (unpaired) electrons. The van der Waals surface area contributed by atoms with E-state index in [4.69, 9.17) is 15.2 Å². The Bertz CT molecular complexity index is 1350. The van der Waals surface area contributed by atoms with Gasteiger partial charge >= 0.3 is 0 Å². The number of nitrogens with zero attached hydrogens (tertiary/aromatic N) is 2. The van der Waals surface area contributed by atoms with E-state index in [0.29, 0.717) is 23.4 Å². The van der Waals surface area contributed by atoms with Gasteiger partial charge in [0.25, 0.3) is 11.7 Å². The van der Waals surface area contributed by atoms with Crippen LogP contribution in [-0.4, -0.2) is 75.0 Å². The molecule has 2 aliphatic heterocycles. The normalized spacial score (nSPS) is 15.9. The summed E-state index contributed by atoms with van der Waals surface area (Å²) in [7, 11) is 0. The number of nitrogens with one attached hydrogen (secondary N) is 1. The van der Waals surface area contributed by atoms with Gasteiger partial charge in [-0.15, -0.1) is 0 Å². The number of ether oxygens (including phenoxy) is 2. The zero-order valence-corrected chi connectivity index (χ0v) is 21.3. The van der Waals surface area contributed by atoms with Crippen LogP contribution >= 0.6 is 0 Å². The Kier molecular flexibility index (Phi) is 7.86. The van der Waals surface area contributed by atoms with E-state index in [-0.39, 0.29) is 11.1 Å². The standard InChI is InChI=1S/C29H32N4O5/c30-28(35)20-17-21(19-22(18-20)33-9-3-4-10-33)31-29(36)27(34)25-7-8-26(24-6-2-1-5-23(24)25)38-16-13-32-11-14-37-15-12-32/h1-2,5-8,17-19H,3-4,9-16H2,(H2,30,35)(H,31,36). The number of Topliss-reactive ketones (excluding diaryl/α,β-unsaturated/α-hetero) is 1. The largest absolute Gasteiger partial charge is 0.492 e. The van der Waals surface area contributed by atoms with Gasteiger partial charge < -0.3 is 25.4 Å². The van der Waals surface area contributed by atoms with Crippen molar-refractivity contribution in [2.45, 2.75) is 12.8 Å². The van der Waals surface area contributed by atoms with E-state index in [1.165, 1.54) is 6.07 Å². The molecule has 9 nitrogen and oxygen atoms in total. The van der Waals surface area contributed by atoms with E-state index in [1.54, 1.807) is 24.3 Å². The van der Waals surface area contributed by atoms with Crippen LogP contribution in [0.4, 0.5) is 11.4 Å². The molecule has 3 aromatic rings. The van der Waals surface area contributed by atoms with Crippen molar-refractivity contribution >= 4 is 39.7 Å². The second-order valence-electron chi connectivity index (χ2n) is 9.57. The molecule has 0 aromatic heterocycles. The van der Waals surface area contributed by atoms with E-state index in [2.05, 4.69) is 15.1 Å². The molecule has 2 aliphatic rings. The van der Waals surface area contributed by atoms with Crippen molar-refractivity contribution in [3.63, 3.8) is 0 Å². The Morgan fingerprint density at radius 2 is 1.66 bits per heavy atom. The summed E-state index contributed by atoms with van der Waals surface area (Å²) in [5, 5.41) is 4.08. The zero-order valence-electron chi connectivity index (χ0n) is 21.3. The van der Waals surface area contributed by atoms with Gasteiger partial charge in [-0.05, 0) is 48.6 Å². The van der Waals surface area contributed by atoms with Crippen molar-refractivity contribution in [3.05, 3.63) is 65.7 Å². The topological polar surface area (TPSA) is 114 Å². The number of nitrogens with two attached hydrogens (primary N) is 1. The molecule has 0 saturated carbocycles. The number of hydrogen-bond donors (Lipinski definition) is 2. The molecule has 198 valence electrons. The highest BCUT2D eigenvalue weighted by molar-refractivity contribution is 6.48. The summed E-state index contributed by atoms with van der Waals surface area (Å²) < 4.78 is 11.5. The lowest BCUT2D eigenvalue weighted by atomic mass is 10.00. The van der Waals surface area contributed by atoms with Gasteiger partial charge in [-0.1, -0.05) is 24.3 Å². The first-order chi connectivity index (χ1) is 18.5. The van der Waals surface area contributed by atoms with Crippen molar-refractivity contribution in [1.29, 1.82) is 0 Å². The molecule has 2 saturated heterocycles. The summed E-state index contributed by atoms with van der Waals surface area (Å²) in [6, 6.07) is 15.7. The summed E-state index contributed by atoms with van der Waals surface area (Å²) in [6.45, 7) is 6.24. The summed E-state index contributed by atoms with van der Waals surface area (Å²) in [6.07, 6.45) is 2.11. The predicted molar refractivity (Wildman–Crippen MR) is 146 cm³/mol. The molecule has 2 fully saturated rings. The van der Waals surface area contributed by atoms with Gasteiger partial charge in [0.2, 0.25) is 5.91 Å². The highest BCUT2D eigenvalue weighted by atomic mass is 16.5. The van der Waals surface area contributed by atoms with Crippen molar-refractivity contribution < 1.29 is 23.9 Å². The minimum atomic E-state index is -0.787. The fourth-order valence-electron chi connectivity index (χ4n) is 5.00. The molecule has 3 N–H and O–H groups in total. The van der Waals surface area contributed by atoms with Crippen LogP contribution in [0.3, 0.4) is 0 Å². The van der Waals surface area contributed by atoms with Gasteiger partial charge in [-0.3, -0.25) is 19.3 Å². The molecule has 5 rings (SSSR count). The molecule has 2 heterocycles. The lowest BCUT2D eigenvalue weighted by Gasteiger charge is -2.26. The molecule has 0 aliphatic carbocycles.